The largest absolute Gasteiger partial charge is 0.343 e. The smallest absolute Gasteiger partial charge is 0.253 e. The van der Waals surface area contributed by atoms with Crippen LogP contribution in [0.25, 0.3) is 0 Å². The fraction of sp³-hybridized carbons (Fsp3) is 0.333. The first kappa shape index (κ1) is 7.12. The molecule has 0 fully saturated rings. The van der Waals surface area contributed by atoms with Crippen LogP contribution >= 0.6 is 34.8 Å². The fourth-order valence-electron chi connectivity index (χ4n) is 0.296. The first-order valence-electron chi connectivity index (χ1n) is 1.94. The van der Waals surface area contributed by atoms with E-state index in [-0.39, 0.29) is 5.82 Å². The Balaban J connectivity index is 2.90. The van der Waals surface area contributed by atoms with Crippen LogP contribution in [0.5, 0.6) is 0 Å². The zero-order chi connectivity index (χ0) is 6.91. The summed E-state index contributed by atoms with van der Waals surface area (Å²) < 4.78 is 2.75. The number of hydrogen-bond donors (Lipinski definition) is 0. The molecule has 0 aliphatic carbocycles. The average Bonchev–Trinajstić information content (AvgIpc) is 2.08. The highest BCUT2D eigenvalue weighted by atomic mass is 35.6. The lowest BCUT2D eigenvalue weighted by Crippen LogP contribution is -2.01. The van der Waals surface area contributed by atoms with Crippen LogP contribution in [0.4, 0.5) is 0 Å². The van der Waals surface area contributed by atoms with Gasteiger partial charge in [-0.2, -0.15) is 4.98 Å². The van der Waals surface area contributed by atoms with Gasteiger partial charge in [-0.3, -0.25) is 0 Å². The molecule has 1 aromatic heterocycles. The normalized spacial score (nSPS) is 11.9. The van der Waals surface area contributed by atoms with Gasteiger partial charge in [-0.15, -0.1) is 0 Å². The number of rotatable bonds is 0. The summed E-state index contributed by atoms with van der Waals surface area (Å²) in [6.45, 7) is 0. The van der Waals surface area contributed by atoms with Gasteiger partial charge >= 0.3 is 0 Å². The Morgan fingerprint density at radius 2 is 2.11 bits per heavy atom. The van der Waals surface area contributed by atoms with Gasteiger partial charge in [-0.05, 0) is 0 Å². The van der Waals surface area contributed by atoms with Crippen LogP contribution in [0.1, 0.15) is 5.82 Å². The maximum atomic E-state index is 5.35. The Hall–Kier alpha value is 0.01000. The molecule has 0 aromatic carbocycles. The molecule has 0 amide bonds. The van der Waals surface area contributed by atoms with Gasteiger partial charge in [0.25, 0.3) is 3.79 Å². The monoisotopic (exact) mass is 186 g/mol. The van der Waals surface area contributed by atoms with E-state index in [1.807, 2.05) is 0 Å². The molecule has 1 rings (SSSR count). The van der Waals surface area contributed by atoms with E-state index in [4.69, 9.17) is 34.8 Å². The quantitative estimate of drug-likeness (QED) is 0.582. The lowest BCUT2D eigenvalue weighted by atomic mass is 10.7. The Bertz CT molecular complexity index is 179. The summed E-state index contributed by atoms with van der Waals surface area (Å²) in [7, 11) is 0. The molecule has 9 heavy (non-hydrogen) atoms. The number of nitrogens with zero attached hydrogens (tertiary/aromatic N) is 2. The second kappa shape index (κ2) is 2.33. The fourth-order valence-corrected chi connectivity index (χ4v) is 0.545. The molecule has 6 heteroatoms. The summed E-state index contributed by atoms with van der Waals surface area (Å²) in [6, 6.07) is 0. The van der Waals surface area contributed by atoms with Gasteiger partial charge in [-0.1, -0.05) is 40.0 Å². The molecule has 50 valence electrons. The van der Waals surface area contributed by atoms with Crippen molar-refractivity contribution in [2.75, 3.05) is 0 Å². The molecule has 0 unspecified atom stereocenters. The Kier molecular flexibility index (Phi) is 1.84. The molecule has 0 saturated heterocycles. The van der Waals surface area contributed by atoms with E-state index in [0.29, 0.717) is 0 Å². The third-order valence-corrected chi connectivity index (χ3v) is 1.12. The highest BCUT2D eigenvalue weighted by Gasteiger charge is 2.27. The molecular weight excluding hydrogens is 186 g/mol. The first-order valence-corrected chi connectivity index (χ1v) is 3.07. The van der Waals surface area contributed by atoms with Gasteiger partial charge in [0.15, 0.2) is 0 Å². The zero-order valence-corrected chi connectivity index (χ0v) is 6.28. The lowest BCUT2D eigenvalue weighted by Gasteiger charge is -2.01. The van der Waals surface area contributed by atoms with Crippen molar-refractivity contribution < 1.29 is 4.52 Å². The topological polar surface area (TPSA) is 38.9 Å². The van der Waals surface area contributed by atoms with Crippen LogP contribution in [-0.2, 0) is 3.79 Å². The van der Waals surface area contributed by atoms with Gasteiger partial charge in [0.1, 0.15) is 0 Å². The van der Waals surface area contributed by atoms with Crippen LogP contribution in [0.2, 0.25) is 0 Å². The van der Waals surface area contributed by atoms with Gasteiger partial charge in [0.2, 0.25) is 12.2 Å². The number of halogens is 3. The van der Waals surface area contributed by atoms with Gasteiger partial charge in [0, 0.05) is 0 Å². The summed E-state index contributed by atoms with van der Waals surface area (Å²) >= 11 is 16.0. The van der Waals surface area contributed by atoms with Gasteiger partial charge in [-0.25, -0.2) is 0 Å². The summed E-state index contributed by atoms with van der Waals surface area (Å²) in [5.74, 6) is 0.0486. The molecule has 0 aliphatic rings. The maximum absolute atomic E-state index is 5.35. The standard InChI is InChI=1S/C3HCl3N2O/c4-3(5,6)2-7-1-9-8-2/h1H. The van der Waals surface area contributed by atoms with E-state index >= 15 is 0 Å². The van der Waals surface area contributed by atoms with Gasteiger partial charge in [0.05, 0.1) is 0 Å². The van der Waals surface area contributed by atoms with E-state index in [1.165, 1.54) is 0 Å². The minimum atomic E-state index is -1.58. The highest BCUT2D eigenvalue weighted by Crippen LogP contribution is 2.35. The SMILES string of the molecule is ClC(Cl)(Cl)c1ncon1. The van der Waals surface area contributed by atoms with Crippen LogP contribution in [0.3, 0.4) is 0 Å². The third-order valence-electron chi connectivity index (χ3n) is 0.615. The molecule has 0 N–H and O–H groups in total. The number of alkyl halides is 3. The van der Waals surface area contributed by atoms with Crippen LogP contribution < -0.4 is 0 Å². The van der Waals surface area contributed by atoms with Crippen molar-refractivity contribution >= 4 is 34.8 Å². The Labute approximate surface area is 65.9 Å². The highest BCUT2D eigenvalue weighted by molar-refractivity contribution is 6.66. The van der Waals surface area contributed by atoms with Crippen molar-refractivity contribution in [2.24, 2.45) is 0 Å². The van der Waals surface area contributed by atoms with E-state index in [1.54, 1.807) is 0 Å². The molecule has 1 aromatic rings. The molecule has 0 saturated carbocycles. The molecular formula is C3HCl3N2O. The lowest BCUT2D eigenvalue weighted by molar-refractivity contribution is 0.410. The van der Waals surface area contributed by atoms with Crippen LogP contribution in [0.15, 0.2) is 10.9 Å². The molecule has 0 aliphatic heterocycles. The molecule has 3 nitrogen and oxygen atoms in total. The van der Waals surface area contributed by atoms with Crippen molar-refractivity contribution in [3.63, 3.8) is 0 Å². The third kappa shape index (κ3) is 1.71. The van der Waals surface area contributed by atoms with E-state index < -0.39 is 3.79 Å². The van der Waals surface area contributed by atoms with Crippen molar-refractivity contribution in [2.45, 2.75) is 3.79 Å². The molecule has 1 heterocycles. The number of hydrogen-bond acceptors (Lipinski definition) is 3. The van der Waals surface area contributed by atoms with E-state index in [0.717, 1.165) is 6.39 Å². The van der Waals surface area contributed by atoms with Crippen molar-refractivity contribution in [3.05, 3.63) is 12.2 Å². The second-order valence-electron chi connectivity index (χ2n) is 1.25. The molecule has 0 bridgehead atoms. The van der Waals surface area contributed by atoms with Gasteiger partial charge < -0.3 is 4.52 Å². The van der Waals surface area contributed by atoms with Crippen molar-refractivity contribution in [1.82, 2.24) is 10.1 Å². The summed E-state index contributed by atoms with van der Waals surface area (Å²) in [5, 5.41) is 3.31. The minimum absolute atomic E-state index is 0.0486. The summed E-state index contributed by atoms with van der Waals surface area (Å²) in [5.41, 5.74) is 0. The van der Waals surface area contributed by atoms with E-state index in [9.17, 15) is 0 Å². The summed E-state index contributed by atoms with van der Waals surface area (Å²) in [4.78, 5) is 3.51. The van der Waals surface area contributed by atoms with Crippen LogP contribution in [-0.4, -0.2) is 10.1 Å². The minimum Gasteiger partial charge on any atom is -0.343 e. The number of aromatic nitrogens is 2. The Morgan fingerprint density at radius 1 is 1.44 bits per heavy atom. The predicted molar refractivity (Wildman–Crippen MR) is 33.5 cm³/mol. The Morgan fingerprint density at radius 3 is 2.33 bits per heavy atom. The average molecular weight is 187 g/mol. The maximum Gasteiger partial charge on any atom is 0.253 e. The molecule has 0 atom stereocenters. The predicted octanol–water partition coefficient (Wildman–Crippen LogP) is 1.90. The van der Waals surface area contributed by atoms with Crippen LogP contribution in [0, 0.1) is 0 Å². The second-order valence-corrected chi connectivity index (χ2v) is 3.53. The van der Waals surface area contributed by atoms with Crippen molar-refractivity contribution in [1.29, 1.82) is 0 Å². The first-order chi connectivity index (χ1) is 4.11. The summed E-state index contributed by atoms with van der Waals surface area (Å²) in [6.07, 6.45) is 1.09. The molecule has 0 spiro atoms. The zero-order valence-electron chi connectivity index (χ0n) is 4.01. The molecule has 0 radical (unpaired) electrons. The van der Waals surface area contributed by atoms with Crippen molar-refractivity contribution in [3.8, 4) is 0 Å². The van der Waals surface area contributed by atoms with E-state index in [2.05, 4.69) is 14.7 Å².